The van der Waals surface area contributed by atoms with Crippen LogP contribution in [0.5, 0.6) is 11.5 Å². The quantitative estimate of drug-likeness (QED) is 0.308. The van der Waals surface area contributed by atoms with Crippen molar-refractivity contribution in [2.45, 2.75) is 6.92 Å². The van der Waals surface area contributed by atoms with Crippen LogP contribution >= 0.6 is 0 Å². The number of rotatable bonds is 3. The third kappa shape index (κ3) is 2.83. The summed E-state index contributed by atoms with van der Waals surface area (Å²) in [6.45, 7) is 5.31. The van der Waals surface area contributed by atoms with E-state index in [1.165, 1.54) is 36.4 Å². The van der Waals surface area contributed by atoms with Crippen LogP contribution in [0.15, 0.2) is 76.0 Å². The van der Waals surface area contributed by atoms with Gasteiger partial charge in [0.2, 0.25) is 0 Å². The molecule has 0 radical (unpaired) electrons. The molecule has 2 N–H and O–H groups in total. The van der Waals surface area contributed by atoms with Crippen molar-refractivity contribution < 1.29 is 19.4 Å². The Labute approximate surface area is 160 Å². The first-order valence-electron chi connectivity index (χ1n) is 8.58. The molecule has 0 fully saturated rings. The van der Waals surface area contributed by atoms with E-state index in [9.17, 15) is 19.8 Å². The molecule has 1 heterocycles. The first-order chi connectivity index (χ1) is 13.3. The molecule has 0 amide bonds. The highest BCUT2D eigenvalue weighted by molar-refractivity contribution is 6.10. The van der Waals surface area contributed by atoms with E-state index in [0.29, 0.717) is 44.6 Å². The van der Waals surface area contributed by atoms with Gasteiger partial charge in [-0.1, -0.05) is 6.58 Å². The first kappa shape index (κ1) is 17.5. The molecule has 0 saturated heterocycles. The SMILES string of the molecule is C=C(C)C(=O)c1ccc(O)c(-c2c3ccc(=O)cc-3oc3cc(O)ccc23)c1. The van der Waals surface area contributed by atoms with E-state index in [2.05, 4.69) is 6.58 Å². The Morgan fingerprint density at radius 1 is 0.964 bits per heavy atom. The molecule has 0 unspecified atom stereocenters. The Balaban J connectivity index is 2.13. The van der Waals surface area contributed by atoms with Crippen LogP contribution < -0.4 is 5.43 Å². The van der Waals surface area contributed by atoms with E-state index in [4.69, 9.17) is 4.42 Å². The van der Waals surface area contributed by atoms with Crippen LogP contribution in [0.25, 0.3) is 33.4 Å². The van der Waals surface area contributed by atoms with Crippen LogP contribution in [0, 0.1) is 0 Å². The van der Waals surface area contributed by atoms with Gasteiger partial charge in [0.25, 0.3) is 0 Å². The van der Waals surface area contributed by atoms with Gasteiger partial charge in [-0.25, -0.2) is 0 Å². The van der Waals surface area contributed by atoms with E-state index >= 15 is 0 Å². The van der Waals surface area contributed by atoms with Crippen molar-refractivity contribution in [3.63, 3.8) is 0 Å². The molecule has 28 heavy (non-hydrogen) atoms. The molecule has 0 spiro atoms. The Morgan fingerprint density at radius 2 is 1.75 bits per heavy atom. The Kier molecular flexibility index (Phi) is 4.00. The lowest BCUT2D eigenvalue weighted by atomic mass is 9.91. The summed E-state index contributed by atoms with van der Waals surface area (Å²) in [6, 6.07) is 13.6. The summed E-state index contributed by atoms with van der Waals surface area (Å²) in [5.41, 5.74) is 2.53. The summed E-state index contributed by atoms with van der Waals surface area (Å²) in [7, 11) is 0. The topological polar surface area (TPSA) is 87.7 Å². The molecule has 5 heteroatoms. The maximum Gasteiger partial charge on any atom is 0.188 e. The fourth-order valence-electron chi connectivity index (χ4n) is 3.27. The van der Waals surface area contributed by atoms with Crippen LogP contribution in [0.2, 0.25) is 0 Å². The van der Waals surface area contributed by atoms with Gasteiger partial charge in [0.1, 0.15) is 22.8 Å². The van der Waals surface area contributed by atoms with E-state index in [1.54, 1.807) is 25.1 Å². The number of carbonyl (C=O) groups is 1. The van der Waals surface area contributed by atoms with Crippen LogP contribution in [0.1, 0.15) is 17.3 Å². The molecular formula is C23H16O5. The minimum absolute atomic E-state index is 0.00950. The van der Waals surface area contributed by atoms with Gasteiger partial charge in [-0.05, 0) is 55.0 Å². The zero-order valence-electron chi connectivity index (χ0n) is 15.0. The fraction of sp³-hybridized carbons (Fsp3) is 0.0435. The zero-order valence-corrected chi connectivity index (χ0v) is 15.0. The minimum Gasteiger partial charge on any atom is -0.508 e. The summed E-state index contributed by atoms with van der Waals surface area (Å²) < 4.78 is 5.80. The van der Waals surface area contributed by atoms with E-state index in [1.807, 2.05) is 0 Å². The molecule has 4 rings (SSSR count). The summed E-state index contributed by atoms with van der Waals surface area (Å²) in [5.74, 6) is 0.0770. The van der Waals surface area contributed by atoms with E-state index in [0.717, 1.165) is 0 Å². The van der Waals surface area contributed by atoms with Gasteiger partial charge < -0.3 is 14.6 Å². The molecule has 0 atom stereocenters. The van der Waals surface area contributed by atoms with Crippen LogP contribution in [-0.4, -0.2) is 16.0 Å². The van der Waals surface area contributed by atoms with Crippen molar-refractivity contribution >= 4 is 16.8 Å². The average molecular weight is 372 g/mol. The maximum absolute atomic E-state index is 12.4. The predicted molar refractivity (Wildman–Crippen MR) is 107 cm³/mol. The number of phenolic OH excluding ortho intramolecular Hbond substituents is 2. The van der Waals surface area contributed by atoms with Crippen molar-refractivity contribution in [1.82, 2.24) is 0 Å². The fourth-order valence-corrected chi connectivity index (χ4v) is 3.27. The normalized spacial score (nSPS) is 11.0. The minimum atomic E-state index is -0.227. The van der Waals surface area contributed by atoms with Crippen molar-refractivity contribution in [2.75, 3.05) is 0 Å². The molecular weight excluding hydrogens is 356 g/mol. The highest BCUT2D eigenvalue weighted by Gasteiger charge is 2.21. The van der Waals surface area contributed by atoms with Gasteiger partial charge in [-0.2, -0.15) is 0 Å². The molecule has 2 aliphatic rings. The van der Waals surface area contributed by atoms with Crippen LogP contribution in [-0.2, 0) is 0 Å². The smallest absolute Gasteiger partial charge is 0.188 e. The number of aromatic hydroxyl groups is 2. The number of benzene rings is 3. The Hall–Kier alpha value is -3.86. The van der Waals surface area contributed by atoms with E-state index < -0.39 is 0 Å². The molecule has 0 aromatic heterocycles. The van der Waals surface area contributed by atoms with Gasteiger partial charge in [0.05, 0.1) is 0 Å². The zero-order chi connectivity index (χ0) is 20.0. The molecule has 2 aromatic rings. The second-order valence-corrected chi connectivity index (χ2v) is 6.66. The largest absolute Gasteiger partial charge is 0.508 e. The second-order valence-electron chi connectivity index (χ2n) is 6.66. The van der Waals surface area contributed by atoms with Crippen molar-refractivity contribution in [1.29, 1.82) is 0 Å². The van der Waals surface area contributed by atoms with Gasteiger partial charge >= 0.3 is 0 Å². The van der Waals surface area contributed by atoms with Crippen molar-refractivity contribution in [3.8, 4) is 33.9 Å². The lowest BCUT2D eigenvalue weighted by Gasteiger charge is -2.16. The number of Topliss-reactive ketones (excluding diaryl/α,β-unsaturated/α-hetero) is 1. The molecule has 1 aliphatic heterocycles. The second kappa shape index (κ2) is 6.39. The Morgan fingerprint density at radius 3 is 2.50 bits per heavy atom. The van der Waals surface area contributed by atoms with Gasteiger partial charge in [-0.3, -0.25) is 9.59 Å². The van der Waals surface area contributed by atoms with Crippen molar-refractivity contribution in [3.05, 3.63) is 82.5 Å². The third-order valence-electron chi connectivity index (χ3n) is 4.59. The summed E-state index contributed by atoms with van der Waals surface area (Å²) >= 11 is 0. The van der Waals surface area contributed by atoms with Gasteiger partial charge in [0.15, 0.2) is 11.2 Å². The summed E-state index contributed by atoms with van der Waals surface area (Å²) in [6.07, 6.45) is 0. The number of hydrogen-bond acceptors (Lipinski definition) is 5. The lowest BCUT2D eigenvalue weighted by Crippen LogP contribution is -2.02. The maximum atomic E-state index is 12.4. The predicted octanol–water partition coefficient (Wildman–Crippen LogP) is 4.73. The summed E-state index contributed by atoms with van der Waals surface area (Å²) in [5, 5.41) is 21.0. The number of carbonyl (C=O) groups excluding carboxylic acids is 1. The number of fused-ring (bicyclic) bond motifs is 2. The van der Waals surface area contributed by atoms with Crippen molar-refractivity contribution in [2.24, 2.45) is 0 Å². The van der Waals surface area contributed by atoms with E-state index in [-0.39, 0.29) is 22.7 Å². The highest BCUT2D eigenvalue weighted by atomic mass is 16.3. The number of phenols is 2. The number of allylic oxidation sites excluding steroid dienone is 1. The standard InChI is InChI=1S/C23H16O5/c1-12(2)23(27)13-3-8-19(26)18(9-13)22-16-6-4-14(24)10-20(16)28-21-11-15(25)5-7-17(21)22/h3-11,24,26H,1H2,2H3. The molecule has 2 aromatic carbocycles. The third-order valence-corrected chi connectivity index (χ3v) is 4.59. The molecule has 0 bridgehead atoms. The van der Waals surface area contributed by atoms with Gasteiger partial charge in [-0.15, -0.1) is 0 Å². The monoisotopic (exact) mass is 372 g/mol. The lowest BCUT2D eigenvalue weighted by molar-refractivity contribution is 0.103. The molecule has 5 nitrogen and oxygen atoms in total. The molecule has 138 valence electrons. The number of hydrogen-bond donors (Lipinski definition) is 2. The average Bonchev–Trinajstić information content (AvgIpc) is 2.66. The molecule has 0 saturated carbocycles. The number of ketones is 1. The first-order valence-corrected chi connectivity index (χ1v) is 8.58. The Bertz CT molecular complexity index is 1300. The highest BCUT2D eigenvalue weighted by Crippen LogP contribution is 2.43. The molecule has 1 aliphatic carbocycles. The summed E-state index contributed by atoms with van der Waals surface area (Å²) in [4.78, 5) is 24.2. The van der Waals surface area contributed by atoms with Gasteiger partial charge in [0, 0.05) is 39.8 Å². The van der Waals surface area contributed by atoms with Crippen LogP contribution in [0.3, 0.4) is 0 Å². The van der Waals surface area contributed by atoms with Crippen LogP contribution in [0.4, 0.5) is 0 Å².